The molecule has 1 heterocycles. The van der Waals surface area contributed by atoms with Crippen molar-refractivity contribution in [3.63, 3.8) is 0 Å². The van der Waals surface area contributed by atoms with E-state index in [0.717, 1.165) is 11.3 Å². The Hall–Kier alpha value is -1.82. The highest BCUT2D eigenvalue weighted by Gasteiger charge is 1.99. The van der Waals surface area contributed by atoms with Crippen molar-refractivity contribution in [2.45, 2.75) is 13.8 Å². The maximum Gasteiger partial charge on any atom is 0.222 e. The molecule has 1 amide bonds. The van der Waals surface area contributed by atoms with Gasteiger partial charge < -0.3 is 5.32 Å². The van der Waals surface area contributed by atoms with Crippen LogP contribution in [-0.2, 0) is 4.79 Å². The molecule has 3 heteroatoms. The summed E-state index contributed by atoms with van der Waals surface area (Å²) in [5, 5.41) is 2.58. The molecular formula is C10H10N2O. The number of pyridine rings is 1. The van der Waals surface area contributed by atoms with Gasteiger partial charge in [-0.1, -0.05) is 5.92 Å². The number of aromatic nitrogens is 1. The lowest BCUT2D eigenvalue weighted by Gasteiger charge is -2.02. The molecule has 1 aromatic heterocycles. The summed E-state index contributed by atoms with van der Waals surface area (Å²) in [5.74, 6) is 2.89. The zero-order valence-electron chi connectivity index (χ0n) is 7.59. The predicted octanol–water partition coefficient (Wildman–Crippen LogP) is 1.33. The highest BCUT2D eigenvalue weighted by molar-refractivity contribution is 5.87. The quantitative estimate of drug-likeness (QED) is 0.652. The number of nitrogens with zero attached hydrogens (tertiary/aromatic N) is 1. The van der Waals surface area contributed by atoms with Gasteiger partial charge >= 0.3 is 0 Å². The monoisotopic (exact) mass is 174 g/mol. The fraction of sp³-hybridized carbons (Fsp3) is 0.200. The number of carbonyl (C=O) groups is 1. The summed E-state index contributed by atoms with van der Waals surface area (Å²) in [6.07, 6.45) is 5.22. The van der Waals surface area contributed by atoms with Crippen LogP contribution in [0.15, 0.2) is 12.1 Å². The van der Waals surface area contributed by atoms with Gasteiger partial charge in [-0.15, -0.1) is 6.42 Å². The lowest BCUT2D eigenvalue weighted by Crippen LogP contribution is -2.08. The fourth-order valence-corrected chi connectivity index (χ4v) is 0.964. The number of amides is 1. The number of hydrogen-bond donors (Lipinski definition) is 1. The van der Waals surface area contributed by atoms with Crippen LogP contribution in [0.2, 0.25) is 0 Å². The normalized spacial score (nSPS) is 9.00. The van der Waals surface area contributed by atoms with E-state index < -0.39 is 0 Å². The van der Waals surface area contributed by atoms with Crippen molar-refractivity contribution < 1.29 is 4.79 Å². The predicted molar refractivity (Wildman–Crippen MR) is 51.2 cm³/mol. The summed E-state index contributed by atoms with van der Waals surface area (Å²) in [5.41, 5.74) is 1.49. The first-order valence-electron chi connectivity index (χ1n) is 3.85. The van der Waals surface area contributed by atoms with Crippen molar-refractivity contribution in [2.75, 3.05) is 5.32 Å². The summed E-state index contributed by atoms with van der Waals surface area (Å²) in [7, 11) is 0. The molecule has 13 heavy (non-hydrogen) atoms. The topological polar surface area (TPSA) is 42.0 Å². The van der Waals surface area contributed by atoms with Crippen LogP contribution in [0.25, 0.3) is 0 Å². The summed E-state index contributed by atoms with van der Waals surface area (Å²) >= 11 is 0. The third-order valence-corrected chi connectivity index (χ3v) is 1.55. The average Bonchev–Trinajstić information content (AvgIpc) is 2.03. The van der Waals surface area contributed by atoms with Crippen LogP contribution in [0.5, 0.6) is 0 Å². The van der Waals surface area contributed by atoms with E-state index in [2.05, 4.69) is 16.2 Å². The van der Waals surface area contributed by atoms with Crippen molar-refractivity contribution in [1.82, 2.24) is 4.98 Å². The average molecular weight is 174 g/mol. The van der Waals surface area contributed by atoms with Gasteiger partial charge in [0.2, 0.25) is 5.91 Å². The molecule has 0 unspecified atom stereocenters. The van der Waals surface area contributed by atoms with Crippen LogP contribution in [0.4, 0.5) is 5.82 Å². The maximum atomic E-state index is 10.7. The van der Waals surface area contributed by atoms with Gasteiger partial charge in [0.15, 0.2) is 0 Å². The Balaban J connectivity index is 2.97. The van der Waals surface area contributed by atoms with Crippen LogP contribution in [0.3, 0.4) is 0 Å². The molecule has 0 atom stereocenters. The highest BCUT2D eigenvalue weighted by Crippen LogP contribution is 2.08. The summed E-state index contributed by atoms with van der Waals surface area (Å²) in [6, 6.07) is 3.44. The Bertz CT molecular complexity index is 377. The molecule has 1 N–H and O–H groups in total. The Morgan fingerprint density at radius 1 is 1.62 bits per heavy atom. The molecule has 0 radical (unpaired) electrons. The molecule has 66 valence electrons. The van der Waals surface area contributed by atoms with E-state index in [-0.39, 0.29) is 5.91 Å². The Morgan fingerprint density at radius 2 is 2.31 bits per heavy atom. The summed E-state index contributed by atoms with van der Waals surface area (Å²) in [6.45, 7) is 3.24. The fourth-order valence-electron chi connectivity index (χ4n) is 0.964. The van der Waals surface area contributed by atoms with Crippen molar-refractivity contribution in [3.8, 4) is 12.3 Å². The minimum atomic E-state index is -0.139. The van der Waals surface area contributed by atoms with Crippen LogP contribution < -0.4 is 5.32 Å². The van der Waals surface area contributed by atoms with Crippen molar-refractivity contribution >= 4 is 11.7 Å². The van der Waals surface area contributed by atoms with E-state index in [1.54, 1.807) is 19.1 Å². The first-order valence-corrected chi connectivity index (χ1v) is 3.85. The maximum absolute atomic E-state index is 10.7. The number of rotatable bonds is 1. The zero-order valence-corrected chi connectivity index (χ0v) is 7.59. The summed E-state index contributed by atoms with van der Waals surface area (Å²) < 4.78 is 0. The van der Waals surface area contributed by atoms with E-state index >= 15 is 0 Å². The standard InChI is InChI=1S/C10H10N2O/c1-4-9-5-6-10(11-7(9)2)12-8(3)13/h1,5-6H,2-3H3,(H,11,12,13). The van der Waals surface area contributed by atoms with E-state index in [0.29, 0.717) is 5.82 Å². The molecule has 0 aliphatic carbocycles. The third-order valence-electron chi connectivity index (χ3n) is 1.55. The highest BCUT2D eigenvalue weighted by atomic mass is 16.1. The molecule has 0 saturated heterocycles. The van der Waals surface area contributed by atoms with Gasteiger partial charge in [-0.2, -0.15) is 0 Å². The Kier molecular flexibility index (Phi) is 2.65. The number of carbonyl (C=O) groups excluding carboxylic acids is 1. The van der Waals surface area contributed by atoms with E-state index in [1.807, 2.05) is 0 Å². The largest absolute Gasteiger partial charge is 0.311 e. The smallest absolute Gasteiger partial charge is 0.222 e. The number of anilines is 1. The van der Waals surface area contributed by atoms with Gasteiger partial charge in [0.25, 0.3) is 0 Å². The minimum Gasteiger partial charge on any atom is -0.311 e. The molecule has 0 aliphatic heterocycles. The number of hydrogen-bond acceptors (Lipinski definition) is 2. The van der Waals surface area contributed by atoms with Gasteiger partial charge in [-0.3, -0.25) is 4.79 Å². The first kappa shape index (κ1) is 9.27. The molecule has 1 aromatic rings. The SMILES string of the molecule is C#Cc1ccc(NC(C)=O)nc1C. The van der Waals surface area contributed by atoms with E-state index in [1.165, 1.54) is 6.92 Å². The molecule has 0 saturated carbocycles. The molecule has 0 fully saturated rings. The van der Waals surface area contributed by atoms with Crippen LogP contribution in [-0.4, -0.2) is 10.9 Å². The first-order chi connectivity index (χ1) is 6.13. The number of terminal acetylenes is 1. The van der Waals surface area contributed by atoms with Gasteiger partial charge in [-0.05, 0) is 19.1 Å². The van der Waals surface area contributed by atoms with Crippen LogP contribution in [0.1, 0.15) is 18.2 Å². The molecule has 3 nitrogen and oxygen atoms in total. The molecular weight excluding hydrogens is 164 g/mol. The van der Waals surface area contributed by atoms with Crippen LogP contribution >= 0.6 is 0 Å². The second-order valence-corrected chi connectivity index (χ2v) is 2.65. The number of aryl methyl sites for hydroxylation is 1. The van der Waals surface area contributed by atoms with Gasteiger partial charge in [0.1, 0.15) is 5.82 Å². The van der Waals surface area contributed by atoms with Crippen molar-refractivity contribution in [2.24, 2.45) is 0 Å². The van der Waals surface area contributed by atoms with E-state index in [4.69, 9.17) is 6.42 Å². The van der Waals surface area contributed by atoms with Crippen LogP contribution in [0, 0.1) is 19.3 Å². The minimum absolute atomic E-state index is 0.139. The van der Waals surface area contributed by atoms with Gasteiger partial charge in [0, 0.05) is 12.5 Å². The van der Waals surface area contributed by atoms with E-state index in [9.17, 15) is 4.79 Å². The van der Waals surface area contributed by atoms with Gasteiger partial charge in [-0.25, -0.2) is 4.98 Å². The molecule has 0 aromatic carbocycles. The lowest BCUT2D eigenvalue weighted by atomic mass is 10.2. The second kappa shape index (κ2) is 3.72. The molecule has 0 spiro atoms. The van der Waals surface area contributed by atoms with Crippen molar-refractivity contribution in [3.05, 3.63) is 23.4 Å². The zero-order chi connectivity index (χ0) is 9.84. The Labute approximate surface area is 77.2 Å². The second-order valence-electron chi connectivity index (χ2n) is 2.65. The Morgan fingerprint density at radius 3 is 2.77 bits per heavy atom. The van der Waals surface area contributed by atoms with Crippen molar-refractivity contribution in [1.29, 1.82) is 0 Å². The molecule has 0 aliphatic rings. The molecule has 0 bridgehead atoms. The van der Waals surface area contributed by atoms with Gasteiger partial charge in [0.05, 0.1) is 5.69 Å². The number of nitrogens with one attached hydrogen (secondary N) is 1. The lowest BCUT2D eigenvalue weighted by molar-refractivity contribution is -0.114. The summed E-state index contributed by atoms with van der Waals surface area (Å²) in [4.78, 5) is 14.8. The third kappa shape index (κ3) is 2.31. The molecule has 1 rings (SSSR count).